The van der Waals surface area contributed by atoms with Crippen molar-refractivity contribution in [1.82, 2.24) is 9.97 Å². The van der Waals surface area contributed by atoms with E-state index < -0.39 is 24.3 Å². The second-order valence-electron chi connectivity index (χ2n) is 5.23. The van der Waals surface area contributed by atoms with Gasteiger partial charge in [0.05, 0.1) is 10.4 Å². The number of benzene rings is 1. The lowest BCUT2D eigenvalue weighted by molar-refractivity contribution is -0.153. The van der Waals surface area contributed by atoms with E-state index in [1.54, 1.807) is 18.5 Å². The SMILES string of the molecule is Fc1c(OCC(F)(F)F)ccc(Cl)c1COc1c[nH]c2ncc(Br)cc12. The number of aromatic amines is 1. The van der Waals surface area contributed by atoms with Gasteiger partial charge in [0.25, 0.3) is 0 Å². The van der Waals surface area contributed by atoms with Gasteiger partial charge < -0.3 is 14.5 Å². The maximum absolute atomic E-state index is 14.4. The summed E-state index contributed by atoms with van der Waals surface area (Å²) in [6.45, 7) is -1.90. The summed E-state index contributed by atoms with van der Waals surface area (Å²) in [5.41, 5.74) is 0.459. The molecule has 4 nitrogen and oxygen atoms in total. The molecule has 0 fully saturated rings. The Labute approximate surface area is 158 Å². The van der Waals surface area contributed by atoms with Crippen molar-refractivity contribution in [2.75, 3.05) is 6.61 Å². The van der Waals surface area contributed by atoms with E-state index in [-0.39, 0.29) is 17.2 Å². The van der Waals surface area contributed by atoms with E-state index in [0.29, 0.717) is 16.8 Å². The number of hydrogen-bond donors (Lipinski definition) is 1. The van der Waals surface area contributed by atoms with Gasteiger partial charge in [-0.2, -0.15) is 13.2 Å². The standard InChI is InChI=1S/C16H10BrClF4N2O2/c17-8-3-9-13(5-24-15(9)23-4-8)25-6-10-11(18)1-2-12(14(10)19)26-7-16(20,21)22/h1-5H,6-7H2,(H,23,24). The van der Waals surface area contributed by atoms with Crippen LogP contribution in [0.15, 0.2) is 35.1 Å². The minimum atomic E-state index is -4.58. The summed E-state index contributed by atoms with van der Waals surface area (Å²) >= 11 is 9.24. The van der Waals surface area contributed by atoms with E-state index in [4.69, 9.17) is 16.3 Å². The fourth-order valence-corrected chi connectivity index (χ4v) is 2.73. The number of halogens is 6. The topological polar surface area (TPSA) is 47.1 Å². The van der Waals surface area contributed by atoms with Crippen molar-refractivity contribution in [2.45, 2.75) is 12.8 Å². The van der Waals surface area contributed by atoms with Crippen LogP contribution in [0.3, 0.4) is 0 Å². The fourth-order valence-electron chi connectivity index (χ4n) is 2.20. The molecule has 1 aromatic carbocycles. The molecule has 0 saturated heterocycles. The van der Waals surface area contributed by atoms with Gasteiger partial charge in [0, 0.05) is 22.4 Å². The summed E-state index contributed by atoms with van der Waals surface area (Å²) < 4.78 is 62.0. The normalized spacial score (nSPS) is 11.8. The van der Waals surface area contributed by atoms with E-state index in [0.717, 1.165) is 10.5 Å². The summed E-state index contributed by atoms with van der Waals surface area (Å²) in [4.78, 5) is 7.04. The largest absolute Gasteiger partial charge is 0.486 e. The number of nitrogens with one attached hydrogen (secondary N) is 1. The highest BCUT2D eigenvalue weighted by atomic mass is 79.9. The molecule has 0 aliphatic heterocycles. The third-order valence-corrected chi connectivity index (χ3v) is 4.16. The maximum Gasteiger partial charge on any atom is 0.422 e. The second-order valence-corrected chi connectivity index (χ2v) is 6.56. The molecule has 0 unspecified atom stereocenters. The maximum atomic E-state index is 14.4. The first-order valence-electron chi connectivity index (χ1n) is 7.16. The van der Waals surface area contributed by atoms with Crippen LogP contribution in [0.25, 0.3) is 11.0 Å². The second kappa shape index (κ2) is 7.32. The molecule has 3 aromatic rings. The first-order valence-corrected chi connectivity index (χ1v) is 8.33. The van der Waals surface area contributed by atoms with Gasteiger partial charge in [0.15, 0.2) is 18.2 Å². The fraction of sp³-hybridized carbons (Fsp3) is 0.188. The monoisotopic (exact) mass is 452 g/mol. The molecule has 0 aliphatic rings. The molecule has 0 bridgehead atoms. The molecule has 138 valence electrons. The zero-order valence-corrected chi connectivity index (χ0v) is 15.2. The molecular weight excluding hydrogens is 444 g/mol. The van der Waals surface area contributed by atoms with Crippen LogP contribution in [0.4, 0.5) is 17.6 Å². The third kappa shape index (κ3) is 4.21. The van der Waals surface area contributed by atoms with Crippen molar-refractivity contribution >= 4 is 38.6 Å². The van der Waals surface area contributed by atoms with Crippen molar-refractivity contribution in [3.8, 4) is 11.5 Å². The summed E-state index contributed by atoms with van der Waals surface area (Å²) in [5, 5.41) is 0.668. The highest BCUT2D eigenvalue weighted by Crippen LogP contribution is 2.32. The average molecular weight is 454 g/mol. The molecular formula is C16H10BrClF4N2O2. The van der Waals surface area contributed by atoms with Crippen LogP contribution in [0.5, 0.6) is 11.5 Å². The number of rotatable bonds is 5. The Balaban J connectivity index is 1.81. The first-order chi connectivity index (χ1) is 12.2. The van der Waals surface area contributed by atoms with Crippen molar-refractivity contribution in [3.63, 3.8) is 0 Å². The van der Waals surface area contributed by atoms with Gasteiger partial charge >= 0.3 is 6.18 Å². The third-order valence-electron chi connectivity index (χ3n) is 3.37. The molecule has 0 saturated carbocycles. The lowest BCUT2D eigenvalue weighted by Gasteiger charge is -2.13. The minimum Gasteiger partial charge on any atom is -0.486 e. The van der Waals surface area contributed by atoms with Gasteiger partial charge in [0.2, 0.25) is 0 Å². The Morgan fingerprint density at radius 2 is 1.96 bits per heavy atom. The molecule has 1 N–H and O–H groups in total. The van der Waals surface area contributed by atoms with Crippen LogP contribution < -0.4 is 9.47 Å². The molecule has 0 atom stereocenters. The Kier molecular flexibility index (Phi) is 5.29. The zero-order valence-electron chi connectivity index (χ0n) is 12.8. The lowest BCUT2D eigenvalue weighted by atomic mass is 10.2. The molecule has 2 heterocycles. The summed E-state index contributed by atoms with van der Waals surface area (Å²) in [7, 11) is 0. The first kappa shape index (κ1) is 18.8. The van der Waals surface area contributed by atoms with Crippen LogP contribution in [-0.2, 0) is 6.61 Å². The molecule has 0 aliphatic carbocycles. The number of alkyl halides is 3. The Morgan fingerprint density at radius 3 is 2.69 bits per heavy atom. The smallest absolute Gasteiger partial charge is 0.422 e. The van der Waals surface area contributed by atoms with Gasteiger partial charge in [-0.1, -0.05) is 11.6 Å². The van der Waals surface area contributed by atoms with Gasteiger partial charge in [-0.05, 0) is 34.1 Å². The van der Waals surface area contributed by atoms with Gasteiger partial charge in [-0.3, -0.25) is 0 Å². The Morgan fingerprint density at radius 1 is 1.19 bits per heavy atom. The molecule has 0 radical (unpaired) electrons. The number of ether oxygens (including phenoxy) is 2. The van der Waals surface area contributed by atoms with E-state index >= 15 is 0 Å². The highest BCUT2D eigenvalue weighted by Gasteiger charge is 2.29. The minimum absolute atomic E-state index is 0.0148. The molecule has 10 heteroatoms. The molecule has 2 aromatic heterocycles. The molecule has 0 amide bonds. The average Bonchev–Trinajstić information content (AvgIpc) is 2.95. The van der Waals surface area contributed by atoms with Crippen LogP contribution in [-0.4, -0.2) is 22.8 Å². The van der Waals surface area contributed by atoms with E-state index in [1.165, 1.54) is 6.07 Å². The van der Waals surface area contributed by atoms with E-state index in [2.05, 4.69) is 30.6 Å². The summed E-state index contributed by atoms with van der Waals surface area (Å²) in [6, 6.07) is 4.05. The van der Waals surface area contributed by atoms with E-state index in [9.17, 15) is 17.6 Å². The van der Waals surface area contributed by atoms with Crippen molar-refractivity contribution in [3.05, 3.63) is 51.5 Å². The van der Waals surface area contributed by atoms with E-state index in [1.807, 2.05) is 0 Å². The number of H-pyrrole nitrogens is 1. The van der Waals surface area contributed by atoms with Gasteiger partial charge in [0.1, 0.15) is 18.0 Å². The van der Waals surface area contributed by atoms with Crippen LogP contribution >= 0.6 is 27.5 Å². The molecule has 26 heavy (non-hydrogen) atoms. The number of nitrogens with zero attached hydrogens (tertiary/aromatic N) is 1. The molecule has 3 rings (SSSR count). The highest BCUT2D eigenvalue weighted by molar-refractivity contribution is 9.10. The summed E-state index contributed by atoms with van der Waals surface area (Å²) in [6.07, 6.45) is -1.44. The Bertz CT molecular complexity index is 946. The number of fused-ring (bicyclic) bond motifs is 1. The van der Waals surface area contributed by atoms with Crippen LogP contribution in [0.2, 0.25) is 5.02 Å². The summed E-state index contributed by atoms with van der Waals surface area (Å²) in [5.74, 6) is -1.15. The number of aromatic nitrogens is 2. The Hall–Kier alpha value is -2.00. The predicted octanol–water partition coefficient (Wildman–Crippen LogP) is 5.64. The van der Waals surface area contributed by atoms with Crippen molar-refractivity contribution in [2.24, 2.45) is 0 Å². The van der Waals surface area contributed by atoms with Crippen LogP contribution in [0.1, 0.15) is 5.56 Å². The lowest BCUT2D eigenvalue weighted by Crippen LogP contribution is -2.20. The quantitative estimate of drug-likeness (QED) is 0.509. The molecule has 0 spiro atoms. The number of pyridine rings is 1. The van der Waals surface area contributed by atoms with Gasteiger partial charge in [-0.25, -0.2) is 9.37 Å². The number of hydrogen-bond acceptors (Lipinski definition) is 3. The van der Waals surface area contributed by atoms with Gasteiger partial charge in [-0.15, -0.1) is 0 Å². The van der Waals surface area contributed by atoms with Crippen LogP contribution in [0, 0.1) is 5.82 Å². The predicted molar refractivity (Wildman–Crippen MR) is 91.1 cm³/mol. The zero-order chi connectivity index (χ0) is 18.9. The van der Waals surface area contributed by atoms with Crippen molar-refractivity contribution < 1.29 is 27.0 Å². The van der Waals surface area contributed by atoms with Crippen molar-refractivity contribution in [1.29, 1.82) is 0 Å².